The van der Waals surface area contributed by atoms with Gasteiger partial charge in [-0.1, -0.05) is 18.6 Å². The van der Waals surface area contributed by atoms with Crippen molar-refractivity contribution in [2.24, 2.45) is 0 Å². The first kappa shape index (κ1) is 12.5. The summed E-state index contributed by atoms with van der Waals surface area (Å²) in [4.78, 5) is 19.2. The van der Waals surface area contributed by atoms with Crippen LogP contribution in [0.15, 0.2) is 29.1 Å². The first-order valence-corrected chi connectivity index (χ1v) is 7.73. The summed E-state index contributed by atoms with van der Waals surface area (Å²) in [5.41, 5.74) is 0.653. The van der Waals surface area contributed by atoms with E-state index in [0.717, 1.165) is 12.1 Å². The van der Waals surface area contributed by atoms with Crippen LogP contribution in [0.3, 0.4) is 0 Å². The third-order valence-corrected chi connectivity index (χ3v) is 5.31. The summed E-state index contributed by atoms with van der Waals surface area (Å²) in [6.45, 7) is 0.857. The molecule has 1 aromatic heterocycles. The molecule has 0 spiro atoms. The Morgan fingerprint density at radius 3 is 2.89 bits per heavy atom. The van der Waals surface area contributed by atoms with E-state index in [1.807, 2.05) is 30.0 Å². The molecule has 0 bridgehead atoms. The summed E-state index contributed by atoms with van der Waals surface area (Å²) < 4.78 is 0.324. The summed E-state index contributed by atoms with van der Waals surface area (Å²) in [5, 5.41) is 3.92. The van der Waals surface area contributed by atoms with E-state index in [2.05, 4.69) is 21.5 Å². The van der Waals surface area contributed by atoms with Crippen LogP contribution in [0.5, 0.6) is 0 Å². The van der Waals surface area contributed by atoms with Gasteiger partial charge in [-0.3, -0.25) is 9.78 Å². The molecule has 0 unspecified atom stereocenters. The monoisotopic (exact) mass is 275 g/mol. The normalized spacial score (nSPS) is 17.1. The van der Waals surface area contributed by atoms with Gasteiger partial charge in [0, 0.05) is 11.3 Å². The van der Waals surface area contributed by atoms with Gasteiger partial charge in [0.1, 0.15) is 0 Å². The number of rotatable bonds is 4. The maximum atomic E-state index is 11.9. The number of anilines is 1. The van der Waals surface area contributed by atoms with Crippen LogP contribution in [-0.4, -0.2) is 27.5 Å². The lowest BCUT2D eigenvalue weighted by atomic mass is 9.84. The van der Waals surface area contributed by atoms with E-state index in [-0.39, 0.29) is 5.56 Å². The van der Waals surface area contributed by atoms with Crippen LogP contribution in [0.4, 0.5) is 5.95 Å². The fraction of sp³-hybridized carbons (Fsp3) is 0.429. The van der Waals surface area contributed by atoms with Crippen LogP contribution >= 0.6 is 11.8 Å². The summed E-state index contributed by atoms with van der Waals surface area (Å²) in [7, 11) is 0. The highest BCUT2D eigenvalue weighted by atomic mass is 32.2. The molecule has 19 heavy (non-hydrogen) atoms. The Hall–Kier alpha value is -1.49. The SMILES string of the molecule is CSC1(CNc2nc3ccccc3c(=O)[nH]2)CCC1. The Morgan fingerprint density at radius 1 is 1.42 bits per heavy atom. The minimum atomic E-state index is -0.0834. The van der Waals surface area contributed by atoms with Gasteiger partial charge in [0.2, 0.25) is 5.95 Å². The molecular weight excluding hydrogens is 258 g/mol. The first-order valence-electron chi connectivity index (χ1n) is 6.51. The molecule has 1 saturated carbocycles. The zero-order valence-electron chi connectivity index (χ0n) is 10.9. The molecule has 1 fully saturated rings. The Morgan fingerprint density at radius 2 is 2.21 bits per heavy atom. The summed E-state index contributed by atoms with van der Waals surface area (Å²) in [6.07, 6.45) is 5.92. The van der Waals surface area contributed by atoms with E-state index in [0.29, 0.717) is 16.1 Å². The van der Waals surface area contributed by atoms with Gasteiger partial charge in [-0.05, 0) is 31.2 Å². The second-order valence-corrected chi connectivity index (χ2v) is 6.30. The lowest BCUT2D eigenvalue weighted by Crippen LogP contribution is -2.40. The van der Waals surface area contributed by atoms with Crippen molar-refractivity contribution >= 4 is 28.6 Å². The minimum Gasteiger partial charge on any atom is -0.354 e. The molecular formula is C14H17N3OS. The van der Waals surface area contributed by atoms with Gasteiger partial charge in [-0.2, -0.15) is 11.8 Å². The standard InChI is InChI=1S/C14H17N3OS/c1-19-14(7-4-8-14)9-15-13-16-11-6-3-2-5-10(11)12(18)17-13/h2-3,5-6H,4,7-9H2,1H3,(H2,15,16,17,18). The van der Waals surface area contributed by atoms with Crippen molar-refractivity contribution in [3.63, 3.8) is 0 Å². The Kier molecular flexibility index (Phi) is 3.22. The number of aromatic amines is 1. The number of benzene rings is 1. The van der Waals surface area contributed by atoms with Crippen LogP contribution in [-0.2, 0) is 0 Å². The molecule has 0 amide bonds. The van der Waals surface area contributed by atoms with Crippen molar-refractivity contribution in [1.82, 2.24) is 9.97 Å². The molecule has 1 aliphatic rings. The third kappa shape index (κ3) is 2.34. The molecule has 1 aliphatic carbocycles. The average molecular weight is 275 g/mol. The molecule has 0 saturated heterocycles. The van der Waals surface area contributed by atoms with E-state index in [4.69, 9.17) is 0 Å². The molecule has 100 valence electrons. The van der Waals surface area contributed by atoms with E-state index < -0.39 is 0 Å². The molecule has 5 heteroatoms. The Bertz CT molecular complexity index is 643. The largest absolute Gasteiger partial charge is 0.354 e. The van der Waals surface area contributed by atoms with Crippen LogP contribution in [0.1, 0.15) is 19.3 Å². The molecule has 1 aromatic carbocycles. The number of nitrogens with one attached hydrogen (secondary N) is 2. The molecule has 0 radical (unpaired) electrons. The Balaban J connectivity index is 1.83. The van der Waals surface area contributed by atoms with Gasteiger partial charge >= 0.3 is 0 Å². The highest BCUT2D eigenvalue weighted by Gasteiger charge is 2.35. The molecule has 1 heterocycles. The van der Waals surface area contributed by atoms with Gasteiger partial charge in [0.25, 0.3) is 5.56 Å². The number of para-hydroxylation sites is 1. The van der Waals surface area contributed by atoms with Crippen LogP contribution in [0, 0.1) is 0 Å². The lowest BCUT2D eigenvalue weighted by Gasteiger charge is -2.40. The topological polar surface area (TPSA) is 57.8 Å². The number of nitrogens with zero attached hydrogens (tertiary/aromatic N) is 1. The number of hydrogen-bond donors (Lipinski definition) is 2. The van der Waals surface area contributed by atoms with E-state index >= 15 is 0 Å². The third-order valence-electron chi connectivity index (χ3n) is 3.89. The molecule has 4 nitrogen and oxygen atoms in total. The maximum absolute atomic E-state index is 11.9. The smallest absolute Gasteiger partial charge is 0.260 e. The molecule has 2 N–H and O–H groups in total. The van der Waals surface area contributed by atoms with Gasteiger partial charge in [0.15, 0.2) is 0 Å². The van der Waals surface area contributed by atoms with Crippen molar-refractivity contribution in [2.45, 2.75) is 24.0 Å². The first-order chi connectivity index (χ1) is 9.22. The number of aromatic nitrogens is 2. The highest BCUT2D eigenvalue weighted by molar-refractivity contribution is 8.00. The van der Waals surface area contributed by atoms with Crippen molar-refractivity contribution in [1.29, 1.82) is 0 Å². The second kappa shape index (κ2) is 4.89. The fourth-order valence-electron chi connectivity index (χ4n) is 2.44. The Labute approximate surface area is 116 Å². The zero-order valence-corrected chi connectivity index (χ0v) is 11.7. The van der Waals surface area contributed by atoms with Crippen molar-refractivity contribution in [3.8, 4) is 0 Å². The maximum Gasteiger partial charge on any atom is 0.260 e. The van der Waals surface area contributed by atoms with Crippen LogP contribution < -0.4 is 10.9 Å². The number of H-pyrrole nitrogens is 1. The zero-order chi connectivity index (χ0) is 13.3. The molecule has 3 rings (SSSR count). The summed E-state index contributed by atoms with van der Waals surface area (Å²) in [6, 6.07) is 7.40. The molecule has 2 aromatic rings. The van der Waals surface area contributed by atoms with Gasteiger partial charge < -0.3 is 5.32 Å². The average Bonchev–Trinajstić information content (AvgIpc) is 2.38. The molecule has 0 atom stereocenters. The highest BCUT2D eigenvalue weighted by Crippen LogP contribution is 2.42. The quantitative estimate of drug-likeness (QED) is 0.900. The van der Waals surface area contributed by atoms with E-state index in [1.165, 1.54) is 19.3 Å². The van der Waals surface area contributed by atoms with Crippen molar-refractivity contribution in [2.75, 3.05) is 18.1 Å². The second-order valence-electron chi connectivity index (χ2n) is 5.03. The van der Waals surface area contributed by atoms with Crippen LogP contribution in [0.25, 0.3) is 10.9 Å². The van der Waals surface area contributed by atoms with Crippen molar-refractivity contribution < 1.29 is 0 Å². The molecule has 0 aliphatic heterocycles. The number of fused-ring (bicyclic) bond motifs is 1. The van der Waals surface area contributed by atoms with Gasteiger partial charge in [-0.25, -0.2) is 4.98 Å². The van der Waals surface area contributed by atoms with Crippen molar-refractivity contribution in [3.05, 3.63) is 34.6 Å². The predicted octanol–water partition coefficient (Wildman–Crippen LogP) is 2.62. The van der Waals surface area contributed by atoms with Gasteiger partial charge in [0.05, 0.1) is 10.9 Å². The minimum absolute atomic E-state index is 0.0834. The fourth-order valence-corrected chi connectivity index (χ4v) is 3.35. The van der Waals surface area contributed by atoms with Gasteiger partial charge in [-0.15, -0.1) is 0 Å². The number of hydrogen-bond acceptors (Lipinski definition) is 4. The summed E-state index contributed by atoms with van der Waals surface area (Å²) in [5.74, 6) is 0.573. The summed E-state index contributed by atoms with van der Waals surface area (Å²) >= 11 is 1.90. The lowest BCUT2D eigenvalue weighted by molar-refractivity contribution is 0.379. The number of thioether (sulfide) groups is 1. The van der Waals surface area contributed by atoms with Crippen LogP contribution in [0.2, 0.25) is 0 Å². The predicted molar refractivity (Wildman–Crippen MR) is 81.0 cm³/mol. The van der Waals surface area contributed by atoms with E-state index in [1.54, 1.807) is 6.07 Å². The van der Waals surface area contributed by atoms with E-state index in [9.17, 15) is 4.79 Å².